The summed E-state index contributed by atoms with van der Waals surface area (Å²) in [4.78, 5) is 44.1. The van der Waals surface area contributed by atoms with Crippen molar-refractivity contribution in [1.82, 2.24) is 9.88 Å². The Hall–Kier alpha value is -2.95. The molecule has 3 aromatic rings. The van der Waals surface area contributed by atoms with E-state index in [9.17, 15) is 29.7 Å². The third kappa shape index (κ3) is 1.76. The number of ketones is 1. The van der Waals surface area contributed by atoms with E-state index in [-0.39, 0.29) is 37.9 Å². The number of Topliss-reactive ketones (excluding diaryl/α,β-unsaturated/α-hetero) is 1. The van der Waals surface area contributed by atoms with Crippen LogP contribution in [0.1, 0.15) is 21.6 Å². The Labute approximate surface area is 189 Å². The summed E-state index contributed by atoms with van der Waals surface area (Å²) in [6, 6.07) is 8.47. The molecule has 32 heavy (non-hydrogen) atoms. The van der Waals surface area contributed by atoms with E-state index in [1.807, 2.05) is 0 Å². The fourth-order valence-corrected chi connectivity index (χ4v) is 5.54. The van der Waals surface area contributed by atoms with Gasteiger partial charge in [-0.2, -0.15) is 0 Å². The second-order valence-electron chi connectivity index (χ2n) is 8.12. The third-order valence-electron chi connectivity index (χ3n) is 6.60. The first-order chi connectivity index (χ1) is 15.0. The van der Waals surface area contributed by atoms with Crippen molar-refractivity contribution < 1.29 is 29.7 Å². The molecule has 1 aromatic heterocycles. The number of likely N-dealkylation sites (N-methyl/N-ethyl adjacent to an activating group) is 1. The minimum atomic E-state index is -3.03. The van der Waals surface area contributed by atoms with Crippen molar-refractivity contribution in [3.05, 3.63) is 63.3 Å². The number of hydrogen-bond donors (Lipinski definition) is 4. The van der Waals surface area contributed by atoms with Gasteiger partial charge in [-0.25, -0.2) is 0 Å². The Morgan fingerprint density at radius 2 is 1.59 bits per heavy atom. The maximum Gasteiger partial charge on any atom is 0.286 e. The summed E-state index contributed by atoms with van der Waals surface area (Å²) in [6.07, 6.45) is 0. The molecule has 2 amide bonds. The molecule has 6 rings (SSSR count). The molecular weight excluding hydrogens is 461 g/mol. The number of halogens is 2. The average Bonchev–Trinajstić information content (AvgIpc) is 3.29. The summed E-state index contributed by atoms with van der Waals surface area (Å²) < 4.78 is 0. The van der Waals surface area contributed by atoms with Gasteiger partial charge in [0.2, 0.25) is 17.1 Å². The van der Waals surface area contributed by atoms with E-state index in [0.717, 1.165) is 7.05 Å². The van der Waals surface area contributed by atoms with Gasteiger partial charge in [0.05, 0.1) is 11.4 Å². The van der Waals surface area contributed by atoms with E-state index >= 15 is 0 Å². The lowest BCUT2D eigenvalue weighted by molar-refractivity contribution is -0.184. The van der Waals surface area contributed by atoms with E-state index in [2.05, 4.69) is 4.98 Å². The molecule has 11 heteroatoms. The molecule has 0 aliphatic carbocycles. The largest absolute Gasteiger partial charge is 0.371 e. The van der Waals surface area contributed by atoms with Crippen LogP contribution in [0.15, 0.2) is 36.4 Å². The number of amides is 2. The molecule has 3 aliphatic rings. The van der Waals surface area contributed by atoms with Crippen LogP contribution in [0.25, 0.3) is 10.9 Å². The number of benzene rings is 2. The summed E-state index contributed by atoms with van der Waals surface area (Å²) in [5.41, 5.74) is -8.92. The average molecular weight is 474 g/mol. The standard InChI is InChI=1S/C21H13Cl2N3O6/c1-25-17(28)19(30)14-10-6-8(22)2-4-12(10)24-15(14)20(31)16(27)11-7-9(23)3-5-13(11)26(20)21(19,32)18(25)29/h2-7,24,30-32H,1H3/t19-,20+,21+/m1/s1. The lowest BCUT2D eigenvalue weighted by Crippen LogP contribution is -2.74. The summed E-state index contributed by atoms with van der Waals surface area (Å²) in [6.45, 7) is 0. The van der Waals surface area contributed by atoms with Crippen molar-refractivity contribution in [3.63, 3.8) is 0 Å². The molecule has 1 fully saturated rings. The molecule has 0 saturated carbocycles. The van der Waals surface area contributed by atoms with Crippen molar-refractivity contribution in [2.75, 3.05) is 11.9 Å². The maximum absolute atomic E-state index is 13.5. The Morgan fingerprint density at radius 3 is 2.31 bits per heavy atom. The van der Waals surface area contributed by atoms with Gasteiger partial charge in [0.25, 0.3) is 17.5 Å². The topological polar surface area (TPSA) is 134 Å². The number of aromatic amines is 1. The number of anilines is 1. The zero-order valence-corrected chi connectivity index (χ0v) is 17.7. The molecule has 162 valence electrons. The molecule has 3 aliphatic heterocycles. The zero-order chi connectivity index (χ0) is 23.0. The highest BCUT2D eigenvalue weighted by Crippen LogP contribution is 2.61. The first-order valence-corrected chi connectivity index (χ1v) is 10.2. The second-order valence-corrected chi connectivity index (χ2v) is 8.99. The highest BCUT2D eigenvalue weighted by atomic mass is 35.5. The van der Waals surface area contributed by atoms with Crippen LogP contribution in [-0.2, 0) is 20.9 Å². The molecule has 1 saturated heterocycles. The van der Waals surface area contributed by atoms with Crippen molar-refractivity contribution in [3.8, 4) is 0 Å². The first-order valence-electron chi connectivity index (χ1n) is 9.45. The molecule has 4 N–H and O–H groups in total. The molecular formula is C21H13Cl2N3O6. The summed E-state index contributed by atoms with van der Waals surface area (Å²) >= 11 is 12.2. The number of fused-ring (bicyclic) bond motifs is 10. The normalized spacial score (nSPS) is 30.6. The molecule has 9 nitrogen and oxygen atoms in total. The molecule has 0 unspecified atom stereocenters. The Kier molecular flexibility index (Phi) is 3.39. The van der Waals surface area contributed by atoms with Crippen molar-refractivity contribution >= 4 is 57.4 Å². The Balaban J connectivity index is 1.85. The fraction of sp³-hybridized carbons (Fsp3) is 0.190. The third-order valence-corrected chi connectivity index (χ3v) is 7.07. The van der Waals surface area contributed by atoms with Gasteiger partial charge in [0.1, 0.15) is 0 Å². The SMILES string of the molecule is CN1C(=O)[C@@]2(O)N3c4ccc(Cl)cc4C(=O)[C@@]3(O)c3[nH]c4ccc(Cl)cc4c3[C@@]2(O)C1=O. The predicted molar refractivity (Wildman–Crippen MR) is 112 cm³/mol. The monoisotopic (exact) mass is 473 g/mol. The van der Waals surface area contributed by atoms with Crippen LogP contribution in [0, 0.1) is 0 Å². The summed E-state index contributed by atoms with van der Waals surface area (Å²) in [7, 11) is 1.10. The number of H-pyrrole nitrogens is 1. The van der Waals surface area contributed by atoms with Crippen LogP contribution < -0.4 is 4.90 Å². The number of carbonyl (C=O) groups is 3. The van der Waals surface area contributed by atoms with Gasteiger partial charge in [-0.3, -0.25) is 24.2 Å². The quantitative estimate of drug-likeness (QED) is 0.360. The molecule has 0 spiro atoms. The lowest BCUT2D eigenvalue weighted by Gasteiger charge is -2.51. The van der Waals surface area contributed by atoms with Gasteiger partial charge < -0.3 is 20.3 Å². The molecule has 2 aromatic carbocycles. The van der Waals surface area contributed by atoms with E-state index < -0.39 is 34.6 Å². The van der Waals surface area contributed by atoms with Crippen molar-refractivity contribution in [1.29, 1.82) is 0 Å². The van der Waals surface area contributed by atoms with Crippen molar-refractivity contribution in [2.45, 2.75) is 17.1 Å². The van der Waals surface area contributed by atoms with Crippen LogP contribution in [0.4, 0.5) is 5.69 Å². The van der Waals surface area contributed by atoms with Crippen LogP contribution in [-0.4, -0.2) is 55.6 Å². The molecule has 0 bridgehead atoms. The minimum Gasteiger partial charge on any atom is -0.371 e. The van der Waals surface area contributed by atoms with Gasteiger partial charge in [-0.1, -0.05) is 23.2 Å². The number of rotatable bonds is 0. The van der Waals surface area contributed by atoms with Gasteiger partial charge >= 0.3 is 0 Å². The molecule has 3 atom stereocenters. The molecule has 0 radical (unpaired) electrons. The Morgan fingerprint density at radius 1 is 0.938 bits per heavy atom. The Bertz CT molecular complexity index is 1450. The lowest BCUT2D eigenvalue weighted by atomic mass is 9.75. The predicted octanol–water partition coefficient (Wildman–Crippen LogP) is 1.21. The number of nitrogens with one attached hydrogen (secondary N) is 1. The van der Waals surface area contributed by atoms with Crippen LogP contribution >= 0.6 is 23.2 Å². The number of aliphatic hydroxyl groups is 3. The highest BCUT2D eigenvalue weighted by molar-refractivity contribution is 6.32. The summed E-state index contributed by atoms with van der Waals surface area (Å²) in [5.74, 6) is -3.22. The van der Waals surface area contributed by atoms with E-state index in [1.54, 1.807) is 0 Å². The summed E-state index contributed by atoms with van der Waals surface area (Å²) in [5, 5.41) is 36.1. The molecule has 4 heterocycles. The maximum atomic E-state index is 13.5. The number of imide groups is 1. The van der Waals surface area contributed by atoms with Crippen LogP contribution in [0.3, 0.4) is 0 Å². The zero-order valence-electron chi connectivity index (χ0n) is 16.2. The number of nitrogens with zero attached hydrogens (tertiary/aromatic N) is 2. The van der Waals surface area contributed by atoms with E-state index in [1.165, 1.54) is 36.4 Å². The van der Waals surface area contributed by atoms with Crippen LogP contribution in [0.5, 0.6) is 0 Å². The number of carbonyl (C=O) groups excluding carboxylic acids is 3. The van der Waals surface area contributed by atoms with E-state index in [4.69, 9.17) is 23.2 Å². The fourth-order valence-electron chi connectivity index (χ4n) is 5.20. The highest BCUT2D eigenvalue weighted by Gasteiger charge is 2.81. The first kappa shape index (κ1) is 19.7. The van der Waals surface area contributed by atoms with Crippen LogP contribution in [0.2, 0.25) is 10.0 Å². The second kappa shape index (κ2) is 5.51. The number of likely N-dealkylation sites (tertiary alicyclic amines) is 1. The van der Waals surface area contributed by atoms with Gasteiger partial charge in [0, 0.05) is 39.1 Å². The van der Waals surface area contributed by atoms with Gasteiger partial charge in [-0.15, -0.1) is 0 Å². The van der Waals surface area contributed by atoms with Gasteiger partial charge in [-0.05, 0) is 36.4 Å². The number of aromatic nitrogens is 1. The van der Waals surface area contributed by atoms with E-state index in [0.29, 0.717) is 15.3 Å². The minimum absolute atomic E-state index is 0.0680. The van der Waals surface area contributed by atoms with Crippen molar-refractivity contribution in [2.24, 2.45) is 0 Å². The van der Waals surface area contributed by atoms with Gasteiger partial charge in [0.15, 0.2) is 0 Å². The smallest absolute Gasteiger partial charge is 0.286 e. The number of hydrogen-bond acceptors (Lipinski definition) is 7.